The largest absolute Gasteiger partial charge is 0.467 e. The Morgan fingerprint density at radius 3 is 2.52 bits per heavy atom. The van der Waals surface area contributed by atoms with E-state index >= 15 is 0 Å². The van der Waals surface area contributed by atoms with Crippen LogP contribution in [0.3, 0.4) is 0 Å². The van der Waals surface area contributed by atoms with Crippen molar-refractivity contribution in [3.05, 3.63) is 72.4 Å². The molecule has 1 atom stereocenters. The Kier molecular flexibility index (Phi) is 3.77. The van der Waals surface area contributed by atoms with E-state index in [1.807, 2.05) is 47.4 Å². The van der Waals surface area contributed by atoms with Gasteiger partial charge in [-0.25, -0.2) is 0 Å². The SMILES string of the molecule is CC(C)n1cc(NC(c2ccccc2)c2ccco2)cn1. The van der Waals surface area contributed by atoms with Crippen LogP contribution < -0.4 is 5.32 Å². The molecule has 3 rings (SSSR count). The fourth-order valence-electron chi connectivity index (χ4n) is 2.28. The summed E-state index contributed by atoms with van der Waals surface area (Å²) in [6.07, 6.45) is 5.56. The minimum Gasteiger partial charge on any atom is -0.467 e. The van der Waals surface area contributed by atoms with E-state index in [4.69, 9.17) is 4.42 Å². The summed E-state index contributed by atoms with van der Waals surface area (Å²) in [5, 5.41) is 7.86. The molecule has 0 amide bonds. The quantitative estimate of drug-likeness (QED) is 0.760. The van der Waals surface area contributed by atoms with Crippen molar-refractivity contribution in [1.82, 2.24) is 9.78 Å². The summed E-state index contributed by atoms with van der Waals surface area (Å²) in [5.41, 5.74) is 2.14. The molecular formula is C17H19N3O. The molecule has 3 aromatic rings. The van der Waals surface area contributed by atoms with Crippen molar-refractivity contribution in [2.75, 3.05) is 5.32 Å². The lowest BCUT2D eigenvalue weighted by molar-refractivity contribution is 0.499. The Balaban J connectivity index is 1.89. The first-order chi connectivity index (χ1) is 10.2. The van der Waals surface area contributed by atoms with E-state index in [2.05, 4.69) is 36.4 Å². The summed E-state index contributed by atoms with van der Waals surface area (Å²) in [6.45, 7) is 4.22. The van der Waals surface area contributed by atoms with Crippen molar-refractivity contribution in [3.8, 4) is 0 Å². The lowest BCUT2D eigenvalue weighted by atomic mass is 10.0. The van der Waals surface area contributed by atoms with Crippen LogP contribution in [-0.2, 0) is 0 Å². The maximum Gasteiger partial charge on any atom is 0.130 e. The van der Waals surface area contributed by atoms with Gasteiger partial charge in [0, 0.05) is 12.2 Å². The fraction of sp³-hybridized carbons (Fsp3) is 0.235. The maximum absolute atomic E-state index is 5.59. The molecule has 4 nitrogen and oxygen atoms in total. The Hall–Kier alpha value is -2.49. The Morgan fingerprint density at radius 2 is 1.90 bits per heavy atom. The van der Waals surface area contributed by atoms with Crippen molar-refractivity contribution in [2.24, 2.45) is 0 Å². The third kappa shape index (κ3) is 2.99. The zero-order valence-corrected chi connectivity index (χ0v) is 12.2. The average Bonchev–Trinajstić information content (AvgIpc) is 3.17. The van der Waals surface area contributed by atoms with Gasteiger partial charge in [-0.3, -0.25) is 4.68 Å². The smallest absolute Gasteiger partial charge is 0.130 e. The fourth-order valence-corrected chi connectivity index (χ4v) is 2.28. The van der Waals surface area contributed by atoms with Crippen molar-refractivity contribution >= 4 is 5.69 Å². The first-order valence-electron chi connectivity index (χ1n) is 7.13. The zero-order valence-electron chi connectivity index (χ0n) is 12.2. The van der Waals surface area contributed by atoms with E-state index in [1.165, 1.54) is 0 Å². The monoisotopic (exact) mass is 281 g/mol. The van der Waals surface area contributed by atoms with Crippen LogP contribution in [-0.4, -0.2) is 9.78 Å². The molecule has 0 aliphatic carbocycles. The summed E-state index contributed by atoms with van der Waals surface area (Å²) in [6, 6.07) is 14.5. The van der Waals surface area contributed by atoms with Crippen LogP contribution in [0.4, 0.5) is 5.69 Å². The third-order valence-corrected chi connectivity index (χ3v) is 3.40. The van der Waals surface area contributed by atoms with E-state index in [1.54, 1.807) is 6.26 Å². The Bertz CT molecular complexity index is 671. The highest BCUT2D eigenvalue weighted by Crippen LogP contribution is 2.27. The van der Waals surface area contributed by atoms with Gasteiger partial charge in [0.25, 0.3) is 0 Å². The molecule has 108 valence electrons. The molecule has 0 bridgehead atoms. The number of anilines is 1. The van der Waals surface area contributed by atoms with Crippen LogP contribution in [0.1, 0.15) is 37.3 Å². The highest BCUT2D eigenvalue weighted by atomic mass is 16.3. The van der Waals surface area contributed by atoms with Crippen LogP contribution in [0.5, 0.6) is 0 Å². The highest BCUT2D eigenvalue weighted by molar-refractivity contribution is 5.45. The molecule has 0 aliphatic rings. The molecule has 0 spiro atoms. The number of nitrogens with zero attached hydrogens (tertiary/aromatic N) is 2. The van der Waals surface area contributed by atoms with Crippen molar-refractivity contribution in [2.45, 2.75) is 25.9 Å². The summed E-state index contributed by atoms with van der Waals surface area (Å²) in [5.74, 6) is 0.887. The normalized spacial score (nSPS) is 12.5. The molecule has 1 unspecified atom stereocenters. The Labute approximate surface area is 124 Å². The molecule has 0 aliphatic heterocycles. The van der Waals surface area contributed by atoms with Gasteiger partial charge in [0.05, 0.1) is 18.1 Å². The molecule has 1 aromatic carbocycles. The zero-order chi connectivity index (χ0) is 14.7. The minimum absolute atomic E-state index is 0.0222. The topological polar surface area (TPSA) is 43.0 Å². The van der Waals surface area contributed by atoms with E-state index < -0.39 is 0 Å². The summed E-state index contributed by atoms with van der Waals surface area (Å²) >= 11 is 0. The van der Waals surface area contributed by atoms with Gasteiger partial charge in [-0.2, -0.15) is 5.10 Å². The summed E-state index contributed by atoms with van der Waals surface area (Å²) < 4.78 is 7.52. The predicted octanol–water partition coefficient (Wildman–Crippen LogP) is 4.26. The lowest BCUT2D eigenvalue weighted by Crippen LogP contribution is -2.11. The van der Waals surface area contributed by atoms with Crippen molar-refractivity contribution < 1.29 is 4.42 Å². The minimum atomic E-state index is -0.0222. The molecule has 1 N–H and O–H groups in total. The number of hydrogen-bond acceptors (Lipinski definition) is 3. The summed E-state index contributed by atoms with van der Waals surface area (Å²) in [7, 11) is 0. The summed E-state index contributed by atoms with van der Waals surface area (Å²) in [4.78, 5) is 0. The molecular weight excluding hydrogens is 262 g/mol. The lowest BCUT2D eigenvalue weighted by Gasteiger charge is -2.17. The van der Waals surface area contributed by atoms with Crippen molar-refractivity contribution in [3.63, 3.8) is 0 Å². The van der Waals surface area contributed by atoms with E-state index in [0.29, 0.717) is 6.04 Å². The van der Waals surface area contributed by atoms with E-state index in [-0.39, 0.29) is 6.04 Å². The second-order valence-electron chi connectivity index (χ2n) is 5.31. The molecule has 2 aromatic heterocycles. The van der Waals surface area contributed by atoms with Crippen molar-refractivity contribution in [1.29, 1.82) is 0 Å². The highest BCUT2D eigenvalue weighted by Gasteiger charge is 2.17. The molecule has 4 heteroatoms. The van der Waals surface area contributed by atoms with Gasteiger partial charge in [0.2, 0.25) is 0 Å². The second kappa shape index (κ2) is 5.87. The Morgan fingerprint density at radius 1 is 1.10 bits per heavy atom. The number of benzene rings is 1. The van der Waals surface area contributed by atoms with Crippen LogP contribution in [0.25, 0.3) is 0 Å². The number of aromatic nitrogens is 2. The van der Waals surface area contributed by atoms with E-state index in [0.717, 1.165) is 17.0 Å². The number of rotatable bonds is 5. The molecule has 0 fully saturated rings. The molecule has 0 saturated carbocycles. The average molecular weight is 281 g/mol. The van der Waals surface area contributed by atoms with E-state index in [9.17, 15) is 0 Å². The molecule has 0 radical (unpaired) electrons. The van der Waals surface area contributed by atoms with Crippen LogP contribution in [0.2, 0.25) is 0 Å². The maximum atomic E-state index is 5.59. The van der Waals surface area contributed by atoms with Crippen LogP contribution >= 0.6 is 0 Å². The second-order valence-corrected chi connectivity index (χ2v) is 5.31. The standard InChI is InChI=1S/C17H19N3O/c1-13(2)20-12-15(11-18-20)19-17(16-9-6-10-21-16)14-7-4-3-5-8-14/h3-13,17,19H,1-2H3. The molecule has 2 heterocycles. The van der Waals surface area contributed by atoms with Crippen LogP contribution in [0, 0.1) is 0 Å². The molecule has 21 heavy (non-hydrogen) atoms. The first kappa shape index (κ1) is 13.5. The number of furan rings is 1. The first-order valence-corrected chi connectivity index (χ1v) is 7.13. The number of nitrogens with one attached hydrogen (secondary N) is 1. The van der Waals surface area contributed by atoms with Gasteiger partial charge in [-0.15, -0.1) is 0 Å². The van der Waals surface area contributed by atoms with Gasteiger partial charge >= 0.3 is 0 Å². The van der Waals surface area contributed by atoms with Gasteiger partial charge < -0.3 is 9.73 Å². The molecule has 0 saturated heterocycles. The van der Waals surface area contributed by atoms with Gasteiger partial charge in [-0.1, -0.05) is 30.3 Å². The van der Waals surface area contributed by atoms with Gasteiger partial charge in [0.15, 0.2) is 0 Å². The predicted molar refractivity (Wildman–Crippen MR) is 83.2 cm³/mol. The number of hydrogen-bond donors (Lipinski definition) is 1. The van der Waals surface area contributed by atoms with Gasteiger partial charge in [0.1, 0.15) is 11.8 Å². The van der Waals surface area contributed by atoms with Gasteiger partial charge in [-0.05, 0) is 31.5 Å². The third-order valence-electron chi connectivity index (χ3n) is 3.40. The van der Waals surface area contributed by atoms with Crippen LogP contribution in [0.15, 0.2) is 65.5 Å².